The molecule has 0 saturated heterocycles. The Morgan fingerprint density at radius 1 is 1.30 bits per heavy atom. The normalized spacial score (nSPS) is 14.8. The second-order valence-electron chi connectivity index (χ2n) is 6.36. The number of hydrogen-bond donors (Lipinski definition) is 0. The number of halogens is 1. The van der Waals surface area contributed by atoms with Crippen LogP contribution in [-0.4, -0.2) is 24.7 Å². The molecule has 0 heterocycles. The van der Waals surface area contributed by atoms with E-state index < -0.39 is 0 Å². The van der Waals surface area contributed by atoms with Crippen LogP contribution in [0.25, 0.3) is 0 Å². The zero-order chi connectivity index (χ0) is 16.9. The molecule has 0 spiro atoms. The third kappa shape index (κ3) is 3.85. The number of hydrogen-bond acceptors (Lipinski definition) is 1. The number of terminal acetylenes is 1. The SMILES string of the molecule is C#Cc1ccc(C2(C(=C)N(CCC)CC(=C)CCF)CC2)cc1. The van der Waals surface area contributed by atoms with Crippen molar-refractivity contribution < 1.29 is 4.39 Å². The Hall–Kier alpha value is -2.01. The van der Waals surface area contributed by atoms with Gasteiger partial charge in [-0.1, -0.05) is 43.7 Å². The number of nitrogens with zero attached hydrogens (tertiary/aromatic N) is 1. The molecule has 1 aliphatic rings. The summed E-state index contributed by atoms with van der Waals surface area (Å²) in [5.41, 5.74) is 4.27. The van der Waals surface area contributed by atoms with E-state index in [2.05, 4.69) is 43.0 Å². The van der Waals surface area contributed by atoms with Gasteiger partial charge in [0.1, 0.15) is 0 Å². The number of rotatable bonds is 9. The summed E-state index contributed by atoms with van der Waals surface area (Å²) in [5, 5.41) is 0. The molecule has 2 heteroatoms. The van der Waals surface area contributed by atoms with Gasteiger partial charge in [-0.15, -0.1) is 6.42 Å². The molecular formula is C21H26FN. The van der Waals surface area contributed by atoms with Gasteiger partial charge in [0.25, 0.3) is 0 Å². The fourth-order valence-electron chi connectivity index (χ4n) is 3.12. The Balaban J connectivity index is 2.17. The van der Waals surface area contributed by atoms with Crippen molar-refractivity contribution in [2.45, 2.75) is 38.0 Å². The summed E-state index contributed by atoms with van der Waals surface area (Å²) in [6, 6.07) is 8.23. The smallest absolute Gasteiger partial charge is 0.0932 e. The quantitative estimate of drug-likeness (QED) is 0.466. The lowest BCUT2D eigenvalue weighted by Crippen LogP contribution is -2.32. The molecule has 1 saturated carbocycles. The highest BCUT2D eigenvalue weighted by atomic mass is 19.1. The molecule has 23 heavy (non-hydrogen) atoms. The van der Waals surface area contributed by atoms with Gasteiger partial charge >= 0.3 is 0 Å². The molecule has 0 aromatic heterocycles. The first-order valence-corrected chi connectivity index (χ1v) is 8.31. The summed E-state index contributed by atoms with van der Waals surface area (Å²) in [6.07, 6.45) is 9.12. The van der Waals surface area contributed by atoms with Crippen molar-refractivity contribution in [3.05, 3.63) is 59.8 Å². The van der Waals surface area contributed by atoms with Crippen molar-refractivity contribution >= 4 is 0 Å². The van der Waals surface area contributed by atoms with Crippen molar-refractivity contribution in [1.82, 2.24) is 4.90 Å². The lowest BCUT2D eigenvalue weighted by molar-refractivity contribution is 0.336. The molecular weight excluding hydrogens is 285 g/mol. The van der Waals surface area contributed by atoms with E-state index in [9.17, 15) is 4.39 Å². The van der Waals surface area contributed by atoms with Crippen molar-refractivity contribution in [3.63, 3.8) is 0 Å². The van der Waals surface area contributed by atoms with E-state index in [-0.39, 0.29) is 12.1 Å². The highest BCUT2D eigenvalue weighted by Gasteiger charge is 2.48. The molecule has 0 N–H and O–H groups in total. The molecule has 1 aliphatic carbocycles. The van der Waals surface area contributed by atoms with Crippen molar-refractivity contribution in [1.29, 1.82) is 0 Å². The lowest BCUT2D eigenvalue weighted by atomic mass is 9.91. The van der Waals surface area contributed by atoms with Crippen LogP contribution >= 0.6 is 0 Å². The molecule has 0 radical (unpaired) electrons. The third-order valence-electron chi connectivity index (χ3n) is 4.64. The monoisotopic (exact) mass is 311 g/mol. The first kappa shape index (κ1) is 17.3. The summed E-state index contributed by atoms with van der Waals surface area (Å²) in [6.45, 7) is 11.8. The molecule has 122 valence electrons. The summed E-state index contributed by atoms with van der Waals surface area (Å²) in [7, 11) is 0. The Labute approximate surface area is 139 Å². The Morgan fingerprint density at radius 2 is 1.96 bits per heavy atom. The highest BCUT2D eigenvalue weighted by molar-refractivity contribution is 5.44. The number of alkyl halides is 1. The summed E-state index contributed by atoms with van der Waals surface area (Å²) in [4.78, 5) is 2.28. The third-order valence-corrected chi connectivity index (χ3v) is 4.64. The van der Waals surface area contributed by atoms with Crippen LogP contribution < -0.4 is 0 Å². The predicted molar refractivity (Wildman–Crippen MR) is 96.0 cm³/mol. The Kier molecular flexibility index (Phi) is 5.66. The molecule has 0 aliphatic heterocycles. The number of allylic oxidation sites excluding steroid dienone is 1. The van der Waals surface area contributed by atoms with Gasteiger partial charge in [-0.05, 0) is 43.4 Å². The minimum atomic E-state index is -0.343. The molecule has 1 aromatic rings. The van der Waals surface area contributed by atoms with Gasteiger partial charge < -0.3 is 4.90 Å². The summed E-state index contributed by atoms with van der Waals surface area (Å²) < 4.78 is 12.5. The van der Waals surface area contributed by atoms with Crippen LogP contribution in [0.3, 0.4) is 0 Å². The van der Waals surface area contributed by atoms with Crippen LogP contribution in [0.2, 0.25) is 0 Å². The molecule has 1 nitrogen and oxygen atoms in total. The molecule has 0 amide bonds. The van der Waals surface area contributed by atoms with Crippen LogP contribution in [0, 0.1) is 12.3 Å². The van der Waals surface area contributed by atoms with Gasteiger partial charge in [0, 0.05) is 29.8 Å². The summed E-state index contributed by atoms with van der Waals surface area (Å²) >= 11 is 0. The average Bonchev–Trinajstić information content (AvgIpc) is 3.36. The first-order chi connectivity index (χ1) is 11.1. The average molecular weight is 311 g/mol. The van der Waals surface area contributed by atoms with Crippen LogP contribution in [0.4, 0.5) is 4.39 Å². The van der Waals surface area contributed by atoms with E-state index in [4.69, 9.17) is 6.42 Å². The second-order valence-corrected chi connectivity index (χ2v) is 6.36. The Bertz CT molecular complexity index is 602. The fraction of sp³-hybridized carbons (Fsp3) is 0.429. The molecule has 0 atom stereocenters. The zero-order valence-electron chi connectivity index (χ0n) is 14.1. The lowest BCUT2D eigenvalue weighted by Gasteiger charge is -2.33. The van der Waals surface area contributed by atoms with Crippen LogP contribution in [0.15, 0.2) is 48.7 Å². The molecule has 1 fully saturated rings. The molecule has 0 bridgehead atoms. The van der Waals surface area contributed by atoms with Crippen molar-refractivity contribution in [3.8, 4) is 12.3 Å². The maximum absolute atomic E-state index is 12.5. The van der Waals surface area contributed by atoms with Gasteiger partial charge in [0.05, 0.1) is 6.67 Å². The largest absolute Gasteiger partial charge is 0.371 e. The maximum atomic E-state index is 12.5. The van der Waals surface area contributed by atoms with Gasteiger partial charge in [-0.2, -0.15) is 0 Å². The van der Waals surface area contributed by atoms with E-state index in [1.54, 1.807) is 0 Å². The number of benzene rings is 1. The van der Waals surface area contributed by atoms with E-state index in [0.717, 1.165) is 42.6 Å². The summed E-state index contributed by atoms with van der Waals surface area (Å²) in [5.74, 6) is 2.66. The van der Waals surface area contributed by atoms with Gasteiger partial charge in [-0.25, -0.2) is 0 Å². The fourth-order valence-corrected chi connectivity index (χ4v) is 3.12. The van der Waals surface area contributed by atoms with Crippen LogP contribution in [-0.2, 0) is 5.41 Å². The van der Waals surface area contributed by atoms with E-state index in [1.165, 1.54) is 5.56 Å². The second kappa shape index (κ2) is 7.51. The highest BCUT2D eigenvalue weighted by Crippen LogP contribution is 2.54. The van der Waals surface area contributed by atoms with Gasteiger partial charge in [-0.3, -0.25) is 4.39 Å². The van der Waals surface area contributed by atoms with E-state index >= 15 is 0 Å². The van der Waals surface area contributed by atoms with Gasteiger partial charge in [0.15, 0.2) is 0 Å². The molecule has 2 rings (SSSR count). The van der Waals surface area contributed by atoms with Crippen molar-refractivity contribution in [2.75, 3.05) is 19.8 Å². The molecule has 1 aromatic carbocycles. The Morgan fingerprint density at radius 3 is 2.43 bits per heavy atom. The van der Waals surface area contributed by atoms with Crippen LogP contribution in [0.5, 0.6) is 0 Å². The van der Waals surface area contributed by atoms with Gasteiger partial charge in [0.2, 0.25) is 0 Å². The topological polar surface area (TPSA) is 3.24 Å². The van der Waals surface area contributed by atoms with E-state index in [1.807, 2.05) is 12.1 Å². The minimum absolute atomic E-state index is 0.0261. The zero-order valence-corrected chi connectivity index (χ0v) is 14.1. The maximum Gasteiger partial charge on any atom is 0.0932 e. The van der Waals surface area contributed by atoms with Crippen molar-refractivity contribution in [2.24, 2.45) is 0 Å². The molecule has 0 unspecified atom stereocenters. The standard InChI is InChI=1S/C21H26FN/c1-5-15-23(16-17(3)11-14-22)18(4)21(12-13-21)20-9-7-19(6-2)8-10-20/h2,7-10H,3-5,11-16H2,1H3. The van der Waals surface area contributed by atoms with Crippen LogP contribution in [0.1, 0.15) is 43.7 Å². The van der Waals surface area contributed by atoms with E-state index in [0.29, 0.717) is 13.0 Å². The first-order valence-electron chi connectivity index (χ1n) is 8.31. The predicted octanol–water partition coefficient (Wildman–Crippen LogP) is 4.84. The minimum Gasteiger partial charge on any atom is -0.371 e.